The summed E-state index contributed by atoms with van der Waals surface area (Å²) in [5.41, 5.74) is 1.24. The Bertz CT molecular complexity index is 766. The van der Waals surface area contributed by atoms with Crippen LogP contribution < -0.4 is 10.2 Å². The van der Waals surface area contributed by atoms with Crippen molar-refractivity contribution in [2.24, 2.45) is 4.99 Å². The monoisotopic (exact) mass is 573 g/mol. The van der Waals surface area contributed by atoms with Gasteiger partial charge < -0.3 is 15.1 Å². The predicted octanol–water partition coefficient (Wildman–Crippen LogP) is 2.69. The van der Waals surface area contributed by atoms with Crippen LogP contribution in [0.2, 0.25) is 0 Å². The lowest BCUT2D eigenvalue weighted by Crippen LogP contribution is -2.49. The highest BCUT2D eigenvalue weighted by atomic mass is 127. The van der Waals surface area contributed by atoms with Crippen LogP contribution in [-0.4, -0.2) is 79.1 Å². The molecular weight excluding hydrogens is 545 g/mol. The molecule has 1 saturated heterocycles. The van der Waals surface area contributed by atoms with Crippen LogP contribution in [0.3, 0.4) is 0 Å². The van der Waals surface area contributed by atoms with E-state index in [9.17, 15) is 0 Å². The molecule has 1 aliphatic heterocycles. The molecule has 0 saturated carbocycles. The summed E-state index contributed by atoms with van der Waals surface area (Å²) in [7, 11) is 3.89. The number of nitrogens with one attached hydrogen (secondary N) is 1. The van der Waals surface area contributed by atoms with Crippen molar-refractivity contribution < 1.29 is 0 Å². The fourth-order valence-corrected chi connectivity index (χ4v) is 3.70. The van der Waals surface area contributed by atoms with Gasteiger partial charge in [-0.05, 0) is 17.7 Å². The van der Waals surface area contributed by atoms with E-state index in [2.05, 4.69) is 76.2 Å². The van der Waals surface area contributed by atoms with Crippen LogP contribution in [0, 0.1) is 0 Å². The Balaban J connectivity index is 0.00000300. The van der Waals surface area contributed by atoms with Crippen molar-refractivity contribution in [1.82, 2.24) is 25.1 Å². The standard InChI is InChI=1S/C20H28BrN7.HI/c1-22-19(26(2)16-17-6-3-4-7-18(17)21)25-10-11-27-12-14-28(15-13-27)20-23-8-5-9-24-20;/h3-9H,10-16H2,1-2H3,(H,22,25);1H. The fraction of sp³-hybridized carbons (Fsp3) is 0.450. The topological polar surface area (TPSA) is 59.9 Å². The largest absolute Gasteiger partial charge is 0.355 e. The van der Waals surface area contributed by atoms with E-state index < -0.39 is 0 Å². The molecule has 0 bridgehead atoms. The number of aromatic nitrogens is 2. The summed E-state index contributed by atoms with van der Waals surface area (Å²) >= 11 is 3.62. The minimum atomic E-state index is 0. The van der Waals surface area contributed by atoms with Gasteiger partial charge in [-0.2, -0.15) is 0 Å². The third-order valence-electron chi connectivity index (χ3n) is 4.86. The molecule has 1 fully saturated rings. The van der Waals surface area contributed by atoms with E-state index in [4.69, 9.17) is 0 Å². The molecule has 158 valence electrons. The van der Waals surface area contributed by atoms with Crippen LogP contribution in [0.4, 0.5) is 5.95 Å². The first kappa shape index (κ1) is 23.8. The molecule has 9 heteroatoms. The Morgan fingerprint density at radius 2 is 1.83 bits per heavy atom. The third kappa shape index (κ3) is 7.07. The van der Waals surface area contributed by atoms with Crippen molar-refractivity contribution in [3.8, 4) is 0 Å². The van der Waals surface area contributed by atoms with E-state index in [1.807, 2.05) is 19.2 Å². The SMILES string of the molecule is CN=C(NCCN1CCN(c2ncccn2)CC1)N(C)Cc1ccccc1Br.I. The number of rotatable bonds is 6. The summed E-state index contributed by atoms with van der Waals surface area (Å²) in [6.45, 7) is 6.62. The van der Waals surface area contributed by atoms with Crippen LogP contribution in [0.15, 0.2) is 52.2 Å². The van der Waals surface area contributed by atoms with Crippen molar-refractivity contribution in [3.63, 3.8) is 0 Å². The molecule has 1 aromatic carbocycles. The highest BCUT2D eigenvalue weighted by Gasteiger charge is 2.18. The molecule has 1 aliphatic rings. The summed E-state index contributed by atoms with van der Waals surface area (Å²) in [6, 6.07) is 10.1. The first-order valence-corrected chi connectivity index (χ1v) is 10.4. The maximum absolute atomic E-state index is 4.42. The Labute approximate surface area is 198 Å². The number of anilines is 1. The van der Waals surface area contributed by atoms with E-state index in [1.165, 1.54) is 5.56 Å². The van der Waals surface area contributed by atoms with Gasteiger partial charge in [0.2, 0.25) is 5.95 Å². The van der Waals surface area contributed by atoms with E-state index >= 15 is 0 Å². The van der Waals surface area contributed by atoms with Gasteiger partial charge in [-0.1, -0.05) is 34.1 Å². The first-order valence-electron chi connectivity index (χ1n) is 9.57. The number of piperazine rings is 1. The highest BCUT2D eigenvalue weighted by molar-refractivity contribution is 14.0. The molecule has 2 heterocycles. The number of nitrogens with zero attached hydrogens (tertiary/aromatic N) is 6. The summed E-state index contributed by atoms with van der Waals surface area (Å²) in [5.74, 6) is 1.74. The maximum Gasteiger partial charge on any atom is 0.225 e. The predicted molar refractivity (Wildman–Crippen MR) is 133 cm³/mol. The molecule has 0 atom stereocenters. The minimum Gasteiger partial charge on any atom is -0.355 e. The van der Waals surface area contributed by atoms with Crippen LogP contribution >= 0.6 is 39.9 Å². The fourth-order valence-electron chi connectivity index (χ4n) is 3.29. The average Bonchev–Trinajstić information content (AvgIpc) is 2.74. The van der Waals surface area contributed by atoms with Gasteiger partial charge >= 0.3 is 0 Å². The molecule has 0 amide bonds. The molecule has 0 radical (unpaired) electrons. The quantitative estimate of drug-likeness (QED) is 0.326. The second-order valence-corrected chi connectivity index (χ2v) is 7.65. The molecular formula is C20H29BrIN7. The van der Waals surface area contributed by atoms with E-state index in [0.29, 0.717) is 0 Å². The Morgan fingerprint density at radius 3 is 2.48 bits per heavy atom. The Hall–Kier alpha value is -1.46. The average molecular weight is 574 g/mol. The molecule has 3 rings (SSSR count). The van der Waals surface area contributed by atoms with Gasteiger partial charge in [-0.15, -0.1) is 24.0 Å². The lowest BCUT2D eigenvalue weighted by molar-refractivity contribution is 0.259. The molecule has 0 spiro atoms. The Morgan fingerprint density at radius 1 is 1.14 bits per heavy atom. The number of benzene rings is 1. The van der Waals surface area contributed by atoms with Crippen molar-refractivity contribution in [2.75, 3.05) is 58.3 Å². The summed E-state index contributed by atoms with van der Waals surface area (Å²) in [4.78, 5) is 20.0. The van der Waals surface area contributed by atoms with Crippen LogP contribution in [0.1, 0.15) is 5.56 Å². The normalized spacial score (nSPS) is 15.0. The van der Waals surface area contributed by atoms with Crippen LogP contribution in [0.25, 0.3) is 0 Å². The number of hydrogen-bond donors (Lipinski definition) is 1. The first-order chi connectivity index (χ1) is 13.7. The molecule has 1 aromatic heterocycles. The second-order valence-electron chi connectivity index (χ2n) is 6.80. The van der Waals surface area contributed by atoms with Gasteiger partial charge in [0.1, 0.15) is 0 Å². The molecule has 0 unspecified atom stereocenters. The summed E-state index contributed by atoms with van der Waals surface area (Å²) < 4.78 is 1.12. The van der Waals surface area contributed by atoms with Gasteiger partial charge in [0.25, 0.3) is 0 Å². The van der Waals surface area contributed by atoms with Crippen LogP contribution in [0.5, 0.6) is 0 Å². The van der Waals surface area contributed by atoms with Gasteiger partial charge in [-0.3, -0.25) is 9.89 Å². The number of aliphatic imine (C=N–C) groups is 1. The molecule has 7 nitrogen and oxygen atoms in total. The van der Waals surface area contributed by atoms with Gasteiger partial charge in [-0.25, -0.2) is 9.97 Å². The molecule has 1 N–H and O–H groups in total. The number of hydrogen-bond acceptors (Lipinski definition) is 5. The van der Waals surface area contributed by atoms with Crippen molar-refractivity contribution in [1.29, 1.82) is 0 Å². The van der Waals surface area contributed by atoms with E-state index in [-0.39, 0.29) is 24.0 Å². The van der Waals surface area contributed by atoms with Gasteiger partial charge in [0.15, 0.2) is 5.96 Å². The van der Waals surface area contributed by atoms with Crippen molar-refractivity contribution in [3.05, 3.63) is 52.8 Å². The Kier molecular flexibility index (Phi) is 10.1. The number of guanidine groups is 1. The van der Waals surface area contributed by atoms with Gasteiger partial charge in [0, 0.05) is 76.8 Å². The smallest absolute Gasteiger partial charge is 0.225 e. The summed E-state index contributed by atoms with van der Waals surface area (Å²) in [5, 5.41) is 3.48. The zero-order valence-corrected chi connectivity index (χ0v) is 20.9. The van der Waals surface area contributed by atoms with Crippen LogP contribution in [-0.2, 0) is 6.54 Å². The van der Waals surface area contributed by atoms with E-state index in [0.717, 1.165) is 62.2 Å². The zero-order chi connectivity index (χ0) is 19.8. The van der Waals surface area contributed by atoms with Crippen molar-refractivity contribution >= 4 is 51.8 Å². The van der Waals surface area contributed by atoms with Gasteiger partial charge in [0.05, 0.1) is 0 Å². The van der Waals surface area contributed by atoms with Crippen molar-refractivity contribution in [2.45, 2.75) is 6.54 Å². The third-order valence-corrected chi connectivity index (χ3v) is 5.63. The lowest BCUT2D eigenvalue weighted by Gasteiger charge is -2.34. The number of halogens is 2. The van der Waals surface area contributed by atoms with E-state index in [1.54, 1.807) is 12.4 Å². The molecule has 29 heavy (non-hydrogen) atoms. The molecule has 2 aromatic rings. The lowest BCUT2D eigenvalue weighted by atomic mass is 10.2. The highest BCUT2D eigenvalue weighted by Crippen LogP contribution is 2.17. The molecule has 0 aliphatic carbocycles. The minimum absolute atomic E-state index is 0. The maximum atomic E-state index is 4.42. The second kappa shape index (κ2) is 12.3. The zero-order valence-electron chi connectivity index (χ0n) is 17.0. The summed E-state index contributed by atoms with van der Waals surface area (Å²) in [6.07, 6.45) is 3.60.